The molecule has 0 atom stereocenters. The number of benzene rings is 2. The van der Waals surface area contributed by atoms with Gasteiger partial charge < -0.3 is 10.1 Å². The second kappa shape index (κ2) is 11.0. The van der Waals surface area contributed by atoms with Gasteiger partial charge in [-0.2, -0.15) is 0 Å². The Bertz CT molecular complexity index is 1430. The third-order valence-corrected chi connectivity index (χ3v) is 6.05. The van der Waals surface area contributed by atoms with Gasteiger partial charge in [0.05, 0.1) is 28.8 Å². The Kier molecular flexibility index (Phi) is 7.57. The largest absolute Gasteiger partial charge is 0.462 e. The highest BCUT2D eigenvalue weighted by Gasteiger charge is 2.17. The molecule has 0 aliphatic rings. The summed E-state index contributed by atoms with van der Waals surface area (Å²) in [6, 6.07) is 17.3. The van der Waals surface area contributed by atoms with Crippen molar-refractivity contribution in [2.24, 2.45) is 0 Å². The maximum Gasteiger partial charge on any atom is 0.338 e. The summed E-state index contributed by atoms with van der Waals surface area (Å²) in [6.07, 6.45) is 2.37. The van der Waals surface area contributed by atoms with Gasteiger partial charge in [-0.1, -0.05) is 36.9 Å². The summed E-state index contributed by atoms with van der Waals surface area (Å²) in [5, 5.41) is 3.65. The van der Waals surface area contributed by atoms with E-state index >= 15 is 0 Å². The van der Waals surface area contributed by atoms with Crippen molar-refractivity contribution in [2.45, 2.75) is 25.4 Å². The van der Waals surface area contributed by atoms with Gasteiger partial charge in [-0.05, 0) is 61.4 Å². The molecule has 1 N–H and O–H groups in total. The minimum Gasteiger partial charge on any atom is -0.462 e. The summed E-state index contributed by atoms with van der Waals surface area (Å²) in [5.74, 6) is -0.172. The molecule has 0 radical (unpaired) electrons. The maximum atomic E-state index is 13.3. The van der Waals surface area contributed by atoms with Gasteiger partial charge in [0.2, 0.25) is 5.91 Å². The number of ether oxygens (including phenoxy) is 1. The molecule has 0 aliphatic heterocycles. The number of nitrogens with zero attached hydrogens (tertiary/aromatic N) is 3. The Labute approximate surface area is 206 Å². The molecule has 0 bridgehead atoms. The van der Waals surface area contributed by atoms with Crippen molar-refractivity contribution in [1.82, 2.24) is 14.5 Å². The molecule has 1 amide bonds. The van der Waals surface area contributed by atoms with Crippen LogP contribution in [0.25, 0.3) is 16.7 Å². The normalized spacial score (nSPS) is 10.8. The van der Waals surface area contributed by atoms with E-state index in [-0.39, 0.29) is 17.2 Å². The third-order valence-electron chi connectivity index (χ3n) is 5.11. The van der Waals surface area contributed by atoms with Crippen molar-refractivity contribution in [1.29, 1.82) is 0 Å². The number of hydrogen-bond donors (Lipinski definition) is 1. The van der Waals surface area contributed by atoms with Crippen LogP contribution >= 0.6 is 11.8 Å². The number of amides is 1. The number of esters is 1. The van der Waals surface area contributed by atoms with Crippen molar-refractivity contribution in [3.8, 4) is 5.82 Å². The van der Waals surface area contributed by atoms with E-state index in [4.69, 9.17) is 4.74 Å². The molecule has 2 heterocycles. The molecule has 0 saturated heterocycles. The van der Waals surface area contributed by atoms with Crippen molar-refractivity contribution >= 4 is 40.2 Å². The molecule has 9 heteroatoms. The lowest BCUT2D eigenvalue weighted by Gasteiger charge is -2.14. The number of pyridine rings is 1. The first-order valence-corrected chi connectivity index (χ1v) is 12.1. The van der Waals surface area contributed by atoms with E-state index in [2.05, 4.69) is 15.3 Å². The highest BCUT2D eigenvalue weighted by molar-refractivity contribution is 7.99. The molecule has 4 rings (SSSR count). The first-order valence-electron chi connectivity index (χ1n) is 11.1. The predicted molar refractivity (Wildman–Crippen MR) is 136 cm³/mol. The van der Waals surface area contributed by atoms with Gasteiger partial charge in [-0.3, -0.25) is 9.59 Å². The smallest absolute Gasteiger partial charge is 0.338 e. The summed E-state index contributed by atoms with van der Waals surface area (Å²) < 4.78 is 6.56. The Morgan fingerprint density at radius 1 is 1.06 bits per heavy atom. The zero-order valence-corrected chi connectivity index (χ0v) is 20.2. The fraction of sp³-hybridized carbons (Fsp3) is 0.192. The van der Waals surface area contributed by atoms with Gasteiger partial charge in [0.1, 0.15) is 5.82 Å². The molecule has 4 aromatic rings. The zero-order valence-electron chi connectivity index (χ0n) is 19.4. The molecule has 0 saturated carbocycles. The number of rotatable bonds is 8. The van der Waals surface area contributed by atoms with Crippen molar-refractivity contribution in [3.05, 3.63) is 88.3 Å². The number of aryl methyl sites for hydroxylation is 1. The Balaban J connectivity index is 1.53. The first kappa shape index (κ1) is 24.2. The molecule has 8 nitrogen and oxygen atoms in total. The van der Waals surface area contributed by atoms with E-state index in [0.29, 0.717) is 39.7 Å². The van der Waals surface area contributed by atoms with Crippen LogP contribution < -0.4 is 10.9 Å². The SMILES string of the molecule is CCCOC(=O)c1ccc(NC(=O)CSc2nc3ccccc3c(=O)n2-c2ncccc2C)cc1. The lowest BCUT2D eigenvalue weighted by molar-refractivity contribution is -0.113. The quantitative estimate of drug-likeness (QED) is 0.223. The van der Waals surface area contributed by atoms with Crippen molar-refractivity contribution in [2.75, 3.05) is 17.7 Å². The molecule has 0 fully saturated rings. The van der Waals surface area contributed by atoms with Crippen LogP contribution in [-0.2, 0) is 9.53 Å². The average molecular weight is 489 g/mol. The molecular formula is C26H24N4O4S. The summed E-state index contributed by atoms with van der Waals surface area (Å²) in [7, 11) is 0. The van der Waals surface area contributed by atoms with Crippen molar-refractivity contribution < 1.29 is 14.3 Å². The number of hydrogen-bond acceptors (Lipinski definition) is 7. The van der Waals surface area contributed by atoms with Gasteiger partial charge in [0.25, 0.3) is 5.56 Å². The number of fused-ring (bicyclic) bond motifs is 1. The van der Waals surface area contributed by atoms with Gasteiger partial charge >= 0.3 is 5.97 Å². The monoisotopic (exact) mass is 488 g/mol. The van der Waals surface area contributed by atoms with Crippen LogP contribution in [0.2, 0.25) is 0 Å². The Morgan fingerprint density at radius 2 is 1.83 bits per heavy atom. The number of anilines is 1. The van der Waals surface area contributed by atoms with Crippen LogP contribution in [0.3, 0.4) is 0 Å². The van der Waals surface area contributed by atoms with Gasteiger partial charge in [-0.25, -0.2) is 19.3 Å². The van der Waals surface area contributed by atoms with E-state index in [0.717, 1.165) is 23.7 Å². The molecule has 178 valence electrons. The summed E-state index contributed by atoms with van der Waals surface area (Å²) in [5.41, 5.74) is 2.09. The number of thioether (sulfide) groups is 1. The average Bonchev–Trinajstić information content (AvgIpc) is 2.87. The van der Waals surface area contributed by atoms with E-state index in [1.54, 1.807) is 54.7 Å². The Morgan fingerprint density at radius 3 is 2.57 bits per heavy atom. The molecule has 2 aromatic carbocycles. The lowest BCUT2D eigenvalue weighted by Crippen LogP contribution is -2.24. The van der Waals surface area contributed by atoms with Gasteiger partial charge in [0.15, 0.2) is 5.16 Å². The second-order valence-corrected chi connectivity index (χ2v) is 8.69. The topological polar surface area (TPSA) is 103 Å². The van der Waals surface area contributed by atoms with E-state index in [1.807, 2.05) is 26.0 Å². The van der Waals surface area contributed by atoms with Gasteiger partial charge in [-0.15, -0.1) is 0 Å². The summed E-state index contributed by atoms with van der Waals surface area (Å²) in [4.78, 5) is 46.9. The fourth-order valence-electron chi connectivity index (χ4n) is 3.40. The minimum atomic E-state index is -0.398. The van der Waals surface area contributed by atoms with Crippen molar-refractivity contribution in [3.63, 3.8) is 0 Å². The van der Waals surface area contributed by atoms with Crippen LogP contribution in [0.5, 0.6) is 0 Å². The standard InChI is InChI=1S/C26H24N4O4S/c1-3-15-34-25(33)18-10-12-19(13-11-18)28-22(31)16-35-26-29-21-9-5-4-8-20(21)24(32)30(26)23-17(2)7-6-14-27-23/h4-14H,3,15-16H2,1-2H3,(H,28,31). The van der Waals surface area contributed by atoms with E-state index < -0.39 is 5.97 Å². The second-order valence-electron chi connectivity index (χ2n) is 7.75. The maximum absolute atomic E-state index is 13.3. The van der Waals surface area contributed by atoms with Crippen LogP contribution in [0.4, 0.5) is 5.69 Å². The minimum absolute atomic E-state index is 0.0248. The van der Waals surface area contributed by atoms with Crippen LogP contribution in [-0.4, -0.2) is 38.8 Å². The molecule has 35 heavy (non-hydrogen) atoms. The molecule has 2 aromatic heterocycles. The first-order chi connectivity index (χ1) is 17.0. The van der Waals surface area contributed by atoms with Crippen LogP contribution in [0.1, 0.15) is 29.3 Å². The third kappa shape index (κ3) is 5.58. The zero-order chi connectivity index (χ0) is 24.8. The number of carbonyl (C=O) groups excluding carboxylic acids is 2. The lowest BCUT2D eigenvalue weighted by atomic mass is 10.2. The number of carbonyl (C=O) groups is 2. The number of nitrogens with one attached hydrogen (secondary N) is 1. The highest BCUT2D eigenvalue weighted by Crippen LogP contribution is 2.22. The highest BCUT2D eigenvalue weighted by atomic mass is 32.2. The fourth-order valence-corrected chi connectivity index (χ4v) is 4.20. The number of aromatic nitrogens is 3. The summed E-state index contributed by atoms with van der Waals surface area (Å²) in [6.45, 7) is 4.15. The van der Waals surface area contributed by atoms with E-state index in [9.17, 15) is 14.4 Å². The molecule has 0 unspecified atom stereocenters. The molecular weight excluding hydrogens is 464 g/mol. The number of para-hydroxylation sites is 1. The van der Waals surface area contributed by atoms with E-state index in [1.165, 1.54) is 4.57 Å². The van der Waals surface area contributed by atoms with Crippen LogP contribution in [0, 0.1) is 6.92 Å². The molecule has 0 aliphatic carbocycles. The Hall–Kier alpha value is -3.98. The van der Waals surface area contributed by atoms with Gasteiger partial charge in [0, 0.05) is 11.9 Å². The molecule has 0 spiro atoms. The predicted octanol–water partition coefficient (Wildman–Crippen LogP) is 4.39. The van der Waals surface area contributed by atoms with Crippen LogP contribution in [0.15, 0.2) is 76.8 Å². The summed E-state index contributed by atoms with van der Waals surface area (Å²) >= 11 is 1.15.